The molecule has 0 aliphatic carbocycles. The van der Waals surface area contributed by atoms with E-state index in [1.165, 1.54) is 16.7 Å². The number of rotatable bonds is 7. The Labute approximate surface area is 180 Å². The van der Waals surface area contributed by atoms with Crippen LogP contribution in [0.3, 0.4) is 0 Å². The second-order valence-corrected chi connectivity index (χ2v) is 8.00. The lowest BCUT2D eigenvalue weighted by Crippen LogP contribution is -2.36. The summed E-state index contributed by atoms with van der Waals surface area (Å²) < 4.78 is 5.81. The lowest BCUT2D eigenvalue weighted by molar-refractivity contribution is -0.126. The van der Waals surface area contributed by atoms with Crippen molar-refractivity contribution in [3.8, 4) is 5.75 Å². The van der Waals surface area contributed by atoms with Crippen LogP contribution in [0.25, 0.3) is 6.08 Å². The molecule has 0 spiro atoms. The quantitative estimate of drug-likeness (QED) is 0.522. The number of para-hydroxylation sites is 1. The highest BCUT2D eigenvalue weighted by Gasteiger charge is 2.33. The van der Waals surface area contributed by atoms with Crippen LogP contribution < -0.4 is 10.1 Å². The molecule has 0 aromatic heterocycles. The fourth-order valence-corrected chi connectivity index (χ4v) is 4.15. The monoisotopic (exact) mass is 426 g/mol. The Kier molecular flexibility index (Phi) is 7.06. The number of carbonyl (C=O) groups is 2. The third-order valence-corrected chi connectivity index (χ3v) is 5.71. The van der Waals surface area contributed by atoms with Crippen LogP contribution in [0.4, 0.5) is 5.69 Å². The minimum absolute atomic E-state index is 0.108. The topological polar surface area (TPSA) is 58.6 Å². The van der Waals surface area contributed by atoms with E-state index in [0.717, 1.165) is 29.0 Å². The van der Waals surface area contributed by atoms with Crippen LogP contribution >= 0.6 is 24.0 Å². The molecule has 2 aromatic carbocycles. The predicted octanol–water partition coefficient (Wildman–Crippen LogP) is 4.49. The predicted molar refractivity (Wildman–Crippen MR) is 122 cm³/mol. The van der Waals surface area contributed by atoms with Gasteiger partial charge in [0.1, 0.15) is 16.6 Å². The number of benzene rings is 2. The summed E-state index contributed by atoms with van der Waals surface area (Å²) in [5.74, 6) is 0.249. The summed E-state index contributed by atoms with van der Waals surface area (Å²) in [6, 6.07) is 15.1. The van der Waals surface area contributed by atoms with Crippen molar-refractivity contribution in [2.75, 3.05) is 18.5 Å². The van der Waals surface area contributed by atoms with Crippen LogP contribution in [-0.2, 0) is 16.0 Å². The normalized spacial score (nSPS) is 15.1. The molecule has 0 atom stereocenters. The van der Waals surface area contributed by atoms with Crippen LogP contribution in [0.5, 0.6) is 5.75 Å². The van der Waals surface area contributed by atoms with Crippen molar-refractivity contribution in [2.24, 2.45) is 0 Å². The average molecular weight is 427 g/mol. The standard InChI is InChI=1S/C22H22N2O3S2/c1-3-16-7-5-6-8-18(16)23-20(25)14-24-21(26)19(29-22(24)28)13-15-9-11-17(12-10-15)27-4-2/h5-13H,3-4,14H2,1-2H3,(H,23,25)/b19-13+. The summed E-state index contributed by atoms with van der Waals surface area (Å²) in [6.07, 6.45) is 2.58. The van der Waals surface area contributed by atoms with E-state index >= 15 is 0 Å². The van der Waals surface area contributed by atoms with Crippen molar-refractivity contribution in [1.82, 2.24) is 4.90 Å². The molecule has 29 heavy (non-hydrogen) atoms. The van der Waals surface area contributed by atoms with Crippen LogP contribution in [0.15, 0.2) is 53.4 Å². The molecule has 2 aromatic rings. The van der Waals surface area contributed by atoms with Crippen LogP contribution in [-0.4, -0.2) is 34.2 Å². The molecule has 1 N–H and O–H groups in total. The Hall–Kier alpha value is -2.64. The maximum Gasteiger partial charge on any atom is 0.266 e. The summed E-state index contributed by atoms with van der Waals surface area (Å²) in [6.45, 7) is 4.45. The van der Waals surface area contributed by atoms with Crippen molar-refractivity contribution >= 4 is 51.9 Å². The molecule has 1 heterocycles. The summed E-state index contributed by atoms with van der Waals surface area (Å²) in [5.41, 5.74) is 2.67. The molecular weight excluding hydrogens is 404 g/mol. The van der Waals surface area contributed by atoms with Gasteiger partial charge in [-0.3, -0.25) is 14.5 Å². The van der Waals surface area contributed by atoms with Gasteiger partial charge in [0.05, 0.1) is 11.5 Å². The van der Waals surface area contributed by atoms with E-state index < -0.39 is 0 Å². The fraction of sp³-hybridized carbons (Fsp3) is 0.227. The van der Waals surface area contributed by atoms with Crippen molar-refractivity contribution in [1.29, 1.82) is 0 Å². The van der Waals surface area contributed by atoms with Crippen molar-refractivity contribution in [3.05, 3.63) is 64.6 Å². The number of nitrogens with one attached hydrogen (secondary N) is 1. The molecule has 1 saturated heterocycles. The van der Waals surface area contributed by atoms with E-state index in [1.807, 2.05) is 62.4 Å². The number of anilines is 1. The first-order valence-electron chi connectivity index (χ1n) is 9.37. The van der Waals surface area contributed by atoms with E-state index in [1.54, 1.807) is 6.08 Å². The van der Waals surface area contributed by atoms with Crippen molar-refractivity contribution in [3.63, 3.8) is 0 Å². The minimum atomic E-state index is -0.274. The lowest BCUT2D eigenvalue weighted by atomic mass is 10.1. The number of amides is 2. The zero-order chi connectivity index (χ0) is 20.8. The van der Waals surface area contributed by atoms with Gasteiger partial charge in [-0.05, 0) is 48.7 Å². The van der Waals surface area contributed by atoms with Crippen LogP contribution in [0, 0.1) is 0 Å². The fourth-order valence-electron chi connectivity index (χ4n) is 2.90. The number of carbonyl (C=O) groups excluding carboxylic acids is 2. The number of hydrogen-bond donors (Lipinski definition) is 1. The molecule has 0 saturated carbocycles. The van der Waals surface area contributed by atoms with Crippen LogP contribution in [0.2, 0.25) is 0 Å². The Morgan fingerprint density at radius 3 is 2.59 bits per heavy atom. The van der Waals surface area contributed by atoms with Gasteiger partial charge in [0.2, 0.25) is 5.91 Å². The summed E-state index contributed by atoms with van der Waals surface area (Å²) in [4.78, 5) is 27.1. The largest absolute Gasteiger partial charge is 0.494 e. The molecule has 0 radical (unpaired) electrons. The number of hydrogen-bond acceptors (Lipinski definition) is 5. The minimum Gasteiger partial charge on any atom is -0.494 e. The molecule has 5 nitrogen and oxygen atoms in total. The summed E-state index contributed by atoms with van der Waals surface area (Å²) >= 11 is 6.53. The highest BCUT2D eigenvalue weighted by Crippen LogP contribution is 2.32. The maximum absolute atomic E-state index is 12.7. The number of aryl methyl sites for hydroxylation is 1. The number of ether oxygens (including phenoxy) is 1. The van der Waals surface area contributed by atoms with E-state index in [9.17, 15) is 9.59 Å². The third kappa shape index (κ3) is 5.25. The Morgan fingerprint density at radius 1 is 1.17 bits per heavy atom. The van der Waals surface area contributed by atoms with Gasteiger partial charge in [-0.1, -0.05) is 61.2 Å². The zero-order valence-electron chi connectivity index (χ0n) is 16.3. The molecular formula is C22H22N2O3S2. The number of nitrogens with zero attached hydrogens (tertiary/aromatic N) is 1. The number of thiocarbonyl (C=S) groups is 1. The van der Waals surface area contributed by atoms with Gasteiger partial charge in [-0.15, -0.1) is 0 Å². The number of thioether (sulfide) groups is 1. The van der Waals surface area contributed by atoms with Gasteiger partial charge in [0, 0.05) is 5.69 Å². The van der Waals surface area contributed by atoms with E-state index in [-0.39, 0.29) is 18.4 Å². The molecule has 1 aliphatic heterocycles. The highest BCUT2D eigenvalue weighted by atomic mass is 32.2. The molecule has 7 heteroatoms. The van der Waals surface area contributed by atoms with Gasteiger partial charge >= 0.3 is 0 Å². The highest BCUT2D eigenvalue weighted by molar-refractivity contribution is 8.26. The van der Waals surface area contributed by atoms with Crippen molar-refractivity contribution in [2.45, 2.75) is 20.3 Å². The first-order valence-corrected chi connectivity index (χ1v) is 10.6. The second-order valence-electron chi connectivity index (χ2n) is 6.33. The average Bonchev–Trinajstić information content (AvgIpc) is 2.97. The van der Waals surface area contributed by atoms with Crippen molar-refractivity contribution < 1.29 is 14.3 Å². The molecule has 2 amide bonds. The Morgan fingerprint density at radius 2 is 1.90 bits per heavy atom. The van der Waals surface area contributed by atoms with Crippen LogP contribution in [0.1, 0.15) is 25.0 Å². The SMILES string of the molecule is CCOc1ccc(/C=C2/SC(=S)N(CC(=O)Nc3ccccc3CC)C2=O)cc1. The van der Waals surface area contributed by atoms with Gasteiger partial charge in [0.15, 0.2) is 0 Å². The first kappa shape index (κ1) is 21.1. The third-order valence-electron chi connectivity index (χ3n) is 4.34. The molecule has 0 bridgehead atoms. The maximum atomic E-state index is 12.7. The second kappa shape index (κ2) is 9.71. The van der Waals surface area contributed by atoms with Gasteiger partial charge in [-0.25, -0.2) is 0 Å². The first-order chi connectivity index (χ1) is 14.0. The molecule has 1 fully saturated rings. The van der Waals surface area contributed by atoms with E-state index in [4.69, 9.17) is 17.0 Å². The lowest BCUT2D eigenvalue weighted by Gasteiger charge is -2.15. The van der Waals surface area contributed by atoms with E-state index in [0.29, 0.717) is 15.8 Å². The van der Waals surface area contributed by atoms with Gasteiger partial charge in [-0.2, -0.15) is 0 Å². The Balaban J connectivity index is 1.67. The summed E-state index contributed by atoms with van der Waals surface area (Å²) in [7, 11) is 0. The molecule has 150 valence electrons. The molecule has 0 unspecified atom stereocenters. The smallest absolute Gasteiger partial charge is 0.266 e. The molecule has 1 aliphatic rings. The van der Waals surface area contributed by atoms with Gasteiger partial charge < -0.3 is 10.1 Å². The zero-order valence-corrected chi connectivity index (χ0v) is 17.9. The summed E-state index contributed by atoms with van der Waals surface area (Å²) in [5, 5.41) is 2.88. The Bertz CT molecular complexity index is 955. The van der Waals surface area contributed by atoms with Gasteiger partial charge in [0.25, 0.3) is 5.91 Å². The molecule has 3 rings (SSSR count). The van der Waals surface area contributed by atoms with E-state index in [2.05, 4.69) is 5.32 Å².